The fourth-order valence-corrected chi connectivity index (χ4v) is 3.64. The summed E-state index contributed by atoms with van der Waals surface area (Å²) in [6.07, 6.45) is 1.32. The average Bonchev–Trinajstić information content (AvgIpc) is 3.04. The molecule has 170 valence electrons. The van der Waals surface area contributed by atoms with Crippen LogP contribution in [0.5, 0.6) is 0 Å². The summed E-state index contributed by atoms with van der Waals surface area (Å²) in [6.45, 7) is 4.80. The summed E-state index contributed by atoms with van der Waals surface area (Å²) in [5.74, 6) is -2.46. The molecular formula is C23H26FN3O5. The van der Waals surface area contributed by atoms with Crippen molar-refractivity contribution in [2.75, 3.05) is 0 Å². The van der Waals surface area contributed by atoms with E-state index in [1.54, 1.807) is 32.9 Å². The third-order valence-corrected chi connectivity index (χ3v) is 5.09. The molecule has 1 aromatic heterocycles. The van der Waals surface area contributed by atoms with E-state index in [9.17, 15) is 19.5 Å². The second-order valence-corrected chi connectivity index (χ2v) is 8.64. The van der Waals surface area contributed by atoms with Crippen molar-refractivity contribution >= 4 is 17.8 Å². The van der Waals surface area contributed by atoms with Gasteiger partial charge in [-0.05, 0) is 57.0 Å². The summed E-state index contributed by atoms with van der Waals surface area (Å²) < 4.78 is 20.6. The highest BCUT2D eigenvalue weighted by molar-refractivity contribution is 6.01. The van der Waals surface area contributed by atoms with Crippen molar-refractivity contribution in [3.05, 3.63) is 53.0 Å². The molecule has 1 atom stereocenters. The smallest absolute Gasteiger partial charge is 0.306 e. The van der Waals surface area contributed by atoms with E-state index in [1.807, 2.05) is 0 Å². The molecule has 2 heterocycles. The molecule has 2 aromatic rings. The molecule has 0 saturated carbocycles. The molecule has 1 aliphatic heterocycles. The van der Waals surface area contributed by atoms with E-state index >= 15 is 4.39 Å². The van der Waals surface area contributed by atoms with E-state index in [2.05, 4.69) is 4.98 Å². The molecule has 9 heteroatoms. The minimum absolute atomic E-state index is 0.0292. The van der Waals surface area contributed by atoms with Crippen molar-refractivity contribution in [1.29, 1.82) is 0 Å². The van der Waals surface area contributed by atoms with Gasteiger partial charge in [-0.25, -0.2) is 4.39 Å². The van der Waals surface area contributed by atoms with Gasteiger partial charge in [0.2, 0.25) is 5.91 Å². The highest BCUT2D eigenvalue weighted by Gasteiger charge is 2.38. The number of aliphatic hydroxyl groups is 1. The number of fused-ring (bicyclic) bond motifs is 1. The van der Waals surface area contributed by atoms with Crippen LogP contribution in [0.1, 0.15) is 55.1 Å². The molecule has 1 aliphatic rings. The molecule has 0 saturated heterocycles. The molecule has 0 radical (unpaired) electrons. The Kier molecular flexibility index (Phi) is 6.59. The van der Waals surface area contributed by atoms with Gasteiger partial charge in [-0.2, -0.15) is 0 Å². The van der Waals surface area contributed by atoms with E-state index in [0.29, 0.717) is 11.3 Å². The minimum atomic E-state index is -1.08. The Morgan fingerprint density at radius 1 is 1.28 bits per heavy atom. The lowest BCUT2D eigenvalue weighted by molar-refractivity contribution is -0.155. The van der Waals surface area contributed by atoms with E-state index in [0.717, 1.165) is 0 Å². The molecule has 8 nitrogen and oxygen atoms in total. The van der Waals surface area contributed by atoms with Gasteiger partial charge >= 0.3 is 5.97 Å². The van der Waals surface area contributed by atoms with Gasteiger partial charge in [-0.1, -0.05) is 0 Å². The molecule has 0 fully saturated rings. The van der Waals surface area contributed by atoms with Gasteiger partial charge in [-0.15, -0.1) is 0 Å². The van der Waals surface area contributed by atoms with Crippen LogP contribution in [0.25, 0.3) is 11.3 Å². The van der Waals surface area contributed by atoms with E-state index in [4.69, 9.17) is 10.5 Å². The van der Waals surface area contributed by atoms with Crippen LogP contribution in [0.4, 0.5) is 4.39 Å². The predicted molar refractivity (Wildman–Crippen MR) is 113 cm³/mol. The Hall–Kier alpha value is -3.33. The molecule has 2 amide bonds. The number of aliphatic hydroxyl groups excluding tert-OH is 1. The number of nitrogens with two attached hydrogens (primary N) is 1. The number of carbonyl (C=O) groups is 3. The molecule has 0 spiro atoms. The van der Waals surface area contributed by atoms with E-state index < -0.39 is 35.2 Å². The Balaban J connectivity index is 1.84. The summed E-state index contributed by atoms with van der Waals surface area (Å²) in [5.41, 5.74) is 6.16. The van der Waals surface area contributed by atoms with Gasteiger partial charge < -0.3 is 20.5 Å². The number of hydrogen-bond donors (Lipinski definition) is 2. The summed E-state index contributed by atoms with van der Waals surface area (Å²) in [5, 5.41) is 9.32. The van der Waals surface area contributed by atoms with Crippen molar-refractivity contribution in [2.45, 2.75) is 58.4 Å². The maximum atomic E-state index is 15.3. The fourth-order valence-electron chi connectivity index (χ4n) is 3.64. The summed E-state index contributed by atoms with van der Waals surface area (Å²) in [4.78, 5) is 42.4. The number of aromatic nitrogens is 1. The second-order valence-electron chi connectivity index (χ2n) is 8.64. The molecule has 1 aromatic carbocycles. The standard InChI is InChI=1S/C23H26FN3O5/c1-23(2,3)32-19(29)7-6-18(21(25)30)27-11-16-14(22(27)31)4-5-15(20(16)24)17-10-13(12-28)8-9-26-17/h4-5,8-10,18,28H,6-7,11-12H2,1-3H3,(H2,25,30)/t18-/m0/s1. The monoisotopic (exact) mass is 443 g/mol. The normalized spacial score (nSPS) is 14.3. The number of rotatable bonds is 7. The number of amides is 2. The quantitative estimate of drug-likeness (QED) is 0.633. The summed E-state index contributed by atoms with van der Waals surface area (Å²) in [6, 6.07) is 5.02. The first kappa shape index (κ1) is 23.3. The zero-order valence-corrected chi connectivity index (χ0v) is 18.2. The van der Waals surface area contributed by atoms with Crippen molar-refractivity contribution in [3.63, 3.8) is 0 Å². The number of pyridine rings is 1. The molecular weight excluding hydrogens is 417 g/mol. The topological polar surface area (TPSA) is 123 Å². The van der Waals surface area contributed by atoms with Crippen molar-refractivity contribution < 1.29 is 28.6 Å². The van der Waals surface area contributed by atoms with E-state index in [-0.39, 0.29) is 42.7 Å². The van der Waals surface area contributed by atoms with Gasteiger partial charge in [0.1, 0.15) is 17.5 Å². The van der Waals surface area contributed by atoms with Gasteiger partial charge in [0.25, 0.3) is 5.91 Å². The maximum absolute atomic E-state index is 15.3. The second kappa shape index (κ2) is 9.04. The Labute approximate surface area is 185 Å². The lowest BCUT2D eigenvalue weighted by Crippen LogP contribution is -2.45. The SMILES string of the molecule is CC(C)(C)OC(=O)CC[C@@H](C(N)=O)N1Cc2c(ccc(-c3cc(CO)ccn3)c2F)C1=O. The number of hydrogen-bond acceptors (Lipinski definition) is 6. The number of halogens is 1. The fraction of sp³-hybridized carbons (Fsp3) is 0.391. The van der Waals surface area contributed by atoms with Gasteiger partial charge in [0.15, 0.2) is 0 Å². The Morgan fingerprint density at radius 3 is 2.59 bits per heavy atom. The van der Waals surface area contributed by atoms with Gasteiger partial charge in [0.05, 0.1) is 18.8 Å². The van der Waals surface area contributed by atoms with Crippen LogP contribution in [0.3, 0.4) is 0 Å². The van der Waals surface area contributed by atoms with Crippen LogP contribution in [-0.4, -0.2) is 44.4 Å². The number of primary amides is 1. The summed E-state index contributed by atoms with van der Waals surface area (Å²) in [7, 11) is 0. The molecule has 32 heavy (non-hydrogen) atoms. The Morgan fingerprint density at radius 2 is 1.97 bits per heavy atom. The maximum Gasteiger partial charge on any atom is 0.306 e. The van der Waals surface area contributed by atoms with Crippen LogP contribution < -0.4 is 5.73 Å². The van der Waals surface area contributed by atoms with Crippen LogP contribution >= 0.6 is 0 Å². The molecule has 3 rings (SSSR count). The minimum Gasteiger partial charge on any atom is -0.460 e. The van der Waals surface area contributed by atoms with E-state index in [1.165, 1.54) is 23.2 Å². The molecule has 0 aliphatic carbocycles. The first-order chi connectivity index (χ1) is 15.0. The van der Waals surface area contributed by atoms with Crippen LogP contribution in [-0.2, 0) is 27.5 Å². The third kappa shape index (κ3) is 4.94. The lowest BCUT2D eigenvalue weighted by atomic mass is 10.0. The molecule has 0 unspecified atom stereocenters. The van der Waals surface area contributed by atoms with Crippen molar-refractivity contribution in [2.24, 2.45) is 5.73 Å². The molecule has 0 bridgehead atoms. The third-order valence-electron chi connectivity index (χ3n) is 5.09. The van der Waals surface area contributed by atoms with Crippen molar-refractivity contribution in [1.82, 2.24) is 9.88 Å². The zero-order chi connectivity index (χ0) is 23.6. The van der Waals surface area contributed by atoms with Gasteiger partial charge in [-0.3, -0.25) is 19.4 Å². The predicted octanol–water partition coefficient (Wildman–Crippen LogP) is 2.31. The van der Waals surface area contributed by atoms with Crippen LogP contribution in [0.15, 0.2) is 30.5 Å². The first-order valence-electron chi connectivity index (χ1n) is 10.2. The number of carbonyl (C=O) groups excluding carboxylic acids is 3. The number of esters is 1. The average molecular weight is 443 g/mol. The first-order valence-corrected chi connectivity index (χ1v) is 10.2. The lowest BCUT2D eigenvalue weighted by Gasteiger charge is -2.25. The van der Waals surface area contributed by atoms with Crippen molar-refractivity contribution in [3.8, 4) is 11.3 Å². The summed E-state index contributed by atoms with van der Waals surface area (Å²) >= 11 is 0. The Bertz CT molecular complexity index is 1060. The van der Waals surface area contributed by atoms with Crippen LogP contribution in [0, 0.1) is 5.82 Å². The highest BCUT2D eigenvalue weighted by Crippen LogP contribution is 2.33. The largest absolute Gasteiger partial charge is 0.460 e. The zero-order valence-electron chi connectivity index (χ0n) is 18.2. The van der Waals surface area contributed by atoms with Crippen LogP contribution in [0.2, 0.25) is 0 Å². The number of nitrogens with zero attached hydrogens (tertiary/aromatic N) is 2. The number of benzene rings is 1. The highest BCUT2D eigenvalue weighted by atomic mass is 19.1. The molecule has 3 N–H and O–H groups in total. The number of ether oxygens (including phenoxy) is 1. The van der Waals surface area contributed by atoms with Gasteiger partial charge in [0, 0.05) is 29.3 Å².